The van der Waals surface area contributed by atoms with E-state index in [1.165, 1.54) is 6.33 Å². The van der Waals surface area contributed by atoms with Crippen molar-refractivity contribution in [3.8, 4) is 17.0 Å². The van der Waals surface area contributed by atoms with Crippen LogP contribution in [0.5, 0.6) is 5.88 Å². The summed E-state index contributed by atoms with van der Waals surface area (Å²) in [6, 6.07) is 9.84. The number of aromatic amines is 1. The molecule has 1 saturated heterocycles. The van der Waals surface area contributed by atoms with Crippen LogP contribution in [0.25, 0.3) is 33.1 Å². The highest BCUT2D eigenvalue weighted by Gasteiger charge is 2.23. The summed E-state index contributed by atoms with van der Waals surface area (Å²) in [5.74, 6) is 1.21. The van der Waals surface area contributed by atoms with Gasteiger partial charge in [0.25, 0.3) is 0 Å². The number of hydrogen-bond donors (Lipinski definition) is 2. The third-order valence-electron chi connectivity index (χ3n) is 5.98. The van der Waals surface area contributed by atoms with Gasteiger partial charge in [0.1, 0.15) is 17.8 Å². The van der Waals surface area contributed by atoms with Crippen LogP contribution < -0.4 is 10.1 Å². The van der Waals surface area contributed by atoms with E-state index in [9.17, 15) is 4.79 Å². The van der Waals surface area contributed by atoms with E-state index in [-0.39, 0.29) is 11.8 Å². The number of rotatable bonds is 4. The van der Waals surface area contributed by atoms with Crippen molar-refractivity contribution in [1.29, 1.82) is 0 Å². The Morgan fingerprint density at radius 3 is 2.81 bits per heavy atom. The topological polar surface area (TPSA) is 96.0 Å². The molecule has 1 aliphatic rings. The Labute approximate surface area is 179 Å². The zero-order valence-electron chi connectivity index (χ0n) is 17.6. The first-order chi connectivity index (χ1) is 15.1. The average Bonchev–Trinajstić information content (AvgIpc) is 3.22. The monoisotopic (exact) mass is 416 g/mol. The first-order valence-electron chi connectivity index (χ1n) is 10.4. The molecule has 0 unspecified atom stereocenters. The maximum absolute atomic E-state index is 12.6. The highest BCUT2D eigenvalue weighted by molar-refractivity contribution is 5.99. The maximum Gasteiger partial charge on any atom is 0.228 e. The molecule has 1 amide bonds. The number of aromatic nitrogens is 4. The van der Waals surface area contributed by atoms with Gasteiger partial charge in [0.2, 0.25) is 11.8 Å². The van der Waals surface area contributed by atoms with Crippen LogP contribution in [-0.4, -0.2) is 58.0 Å². The van der Waals surface area contributed by atoms with E-state index in [4.69, 9.17) is 4.74 Å². The van der Waals surface area contributed by atoms with Crippen molar-refractivity contribution in [2.75, 3.05) is 32.6 Å². The molecule has 3 aromatic heterocycles. The quantitative estimate of drug-likeness (QED) is 0.529. The molecule has 4 aromatic rings. The number of likely N-dealkylation sites (tertiary alicyclic amines) is 1. The number of carbonyl (C=O) groups excluding carboxylic acids is 1. The third-order valence-corrected chi connectivity index (χ3v) is 5.98. The van der Waals surface area contributed by atoms with Crippen LogP contribution in [0.3, 0.4) is 0 Å². The second kappa shape index (κ2) is 7.96. The van der Waals surface area contributed by atoms with Gasteiger partial charge >= 0.3 is 0 Å². The summed E-state index contributed by atoms with van der Waals surface area (Å²) in [6.07, 6.45) is 5.19. The minimum atomic E-state index is 0.0442. The molecule has 0 saturated carbocycles. The standard InChI is InChI=1S/C23H24N6O2/c1-29-9-7-14(8-10-29)22(30)28-20-6-4-16-18(12-24-21(16)27-20)15-3-5-19-17(11-15)23(31-2)26-13-25-19/h3-6,11-14H,7-10H2,1-2H3,(H2,24,27,28,30). The van der Waals surface area contributed by atoms with Crippen molar-refractivity contribution in [2.45, 2.75) is 12.8 Å². The fraction of sp³-hybridized carbons (Fsp3) is 0.304. The highest BCUT2D eigenvalue weighted by atomic mass is 16.5. The number of hydrogen-bond acceptors (Lipinski definition) is 6. The van der Waals surface area contributed by atoms with E-state index < -0.39 is 0 Å². The number of nitrogens with zero attached hydrogens (tertiary/aromatic N) is 4. The maximum atomic E-state index is 12.6. The Morgan fingerprint density at radius 1 is 1.16 bits per heavy atom. The Hall–Kier alpha value is -3.52. The molecular weight excluding hydrogens is 392 g/mol. The molecule has 8 heteroatoms. The number of fused-ring (bicyclic) bond motifs is 2. The van der Waals surface area contributed by atoms with Crippen LogP contribution in [0.1, 0.15) is 12.8 Å². The number of anilines is 1. The molecule has 0 radical (unpaired) electrons. The van der Waals surface area contributed by atoms with Gasteiger partial charge in [-0.3, -0.25) is 4.79 Å². The largest absolute Gasteiger partial charge is 0.480 e. The number of H-pyrrole nitrogens is 1. The third kappa shape index (κ3) is 3.70. The van der Waals surface area contributed by atoms with Crippen LogP contribution >= 0.6 is 0 Å². The Balaban J connectivity index is 1.42. The van der Waals surface area contributed by atoms with Gasteiger partial charge in [0, 0.05) is 23.1 Å². The number of nitrogens with one attached hydrogen (secondary N) is 2. The molecule has 0 aliphatic carbocycles. The van der Waals surface area contributed by atoms with Crippen molar-refractivity contribution in [2.24, 2.45) is 5.92 Å². The van der Waals surface area contributed by atoms with Crippen molar-refractivity contribution in [3.63, 3.8) is 0 Å². The molecule has 0 bridgehead atoms. The second-order valence-electron chi connectivity index (χ2n) is 7.98. The number of pyridine rings is 1. The zero-order valence-corrected chi connectivity index (χ0v) is 17.6. The Morgan fingerprint density at radius 2 is 2.00 bits per heavy atom. The lowest BCUT2D eigenvalue weighted by atomic mass is 9.96. The van der Waals surface area contributed by atoms with Crippen LogP contribution in [0.15, 0.2) is 42.9 Å². The Bertz CT molecular complexity index is 1260. The van der Waals surface area contributed by atoms with Gasteiger partial charge < -0.3 is 19.9 Å². The number of benzene rings is 1. The summed E-state index contributed by atoms with van der Waals surface area (Å²) in [6.45, 7) is 1.90. The predicted octanol–water partition coefficient (Wildman–Crippen LogP) is 3.46. The van der Waals surface area contributed by atoms with Gasteiger partial charge in [-0.15, -0.1) is 0 Å². The predicted molar refractivity (Wildman–Crippen MR) is 120 cm³/mol. The van der Waals surface area contributed by atoms with Crippen LogP contribution in [0.4, 0.5) is 5.82 Å². The van der Waals surface area contributed by atoms with Gasteiger partial charge in [-0.05, 0) is 62.8 Å². The molecule has 2 N–H and O–H groups in total. The van der Waals surface area contributed by atoms with Gasteiger partial charge in [-0.2, -0.15) is 0 Å². The fourth-order valence-corrected chi connectivity index (χ4v) is 4.18. The van der Waals surface area contributed by atoms with Crippen molar-refractivity contribution in [1.82, 2.24) is 24.8 Å². The fourth-order valence-electron chi connectivity index (χ4n) is 4.18. The van der Waals surface area contributed by atoms with Gasteiger partial charge in [-0.25, -0.2) is 15.0 Å². The van der Waals surface area contributed by atoms with Crippen molar-refractivity contribution in [3.05, 3.63) is 42.9 Å². The lowest BCUT2D eigenvalue weighted by Gasteiger charge is -2.27. The van der Waals surface area contributed by atoms with Crippen LogP contribution in [0, 0.1) is 5.92 Å². The SMILES string of the molecule is COc1ncnc2ccc(-c3c[nH]c4nc(NC(=O)C5CCN(C)CC5)ccc34)cc12. The second-order valence-corrected chi connectivity index (χ2v) is 7.98. The van der Waals surface area contributed by atoms with E-state index in [0.717, 1.165) is 59.0 Å². The van der Waals surface area contributed by atoms with E-state index in [2.05, 4.69) is 37.2 Å². The van der Waals surface area contributed by atoms with Crippen LogP contribution in [0.2, 0.25) is 0 Å². The number of carbonyl (C=O) groups is 1. The molecule has 0 spiro atoms. The molecular formula is C23H24N6O2. The minimum Gasteiger partial charge on any atom is -0.480 e. The summed E-state index contributed by atoms with van der Waals surface area (Å²) < 4.78 is 5.38. The van der Waals surface area contributed by atoms with Gasteiger partial charge in [-0.1, -0.05) is 6.07 Å². The molecule has 158 valence electrons. The first-order valence-corrected chi connectivity index (χ1v) is 10.4. The molecule has 8 nitrogen and oxygen atoms in total. The van der Waals surface area contributed by atoms with E-state index in [0.29, 0.717) is 11.7 Å². The molecule has 1 aliphatic heterocycles. The lowest BCUT2D eigenvalue weighted by molar-refractivity contribution is -0.121. The van der Waals surface area contributed by atoms with Gasteiger partial charge in [0.15, 0.2) is 0 Å². The number of ether oxygens (including phenoxy) is 1. The molecule has 4 heterocycles. The summed E-state index contributed by atoms with van der Waals surface area (Å²) in [4.78, 5) is 31.2. The van der Waals surface area contributed by atoms with E-state index in [1.54, 1.807) is 7.11 Å². The number of amides is 1. The average molecular weight is 416 g/mol. The smallest absolute Gasteiger partial charge is 0.228 e. The zero-order chi connectivity index (χ0) is 21.4. The van der Waals surface area contributed by atoms with Crippen molar-refractivity contribution >= 4 is 33.7 Å². The van der Waals surface area contributed by atoms with E-state index >= 15 is 0 Å². The normalized spacial score (nSPS) is 15.4. The summed E-state index contributed by atoms with van der Waals surface area (Å²) in [5, 5.41) is 4.82. The highest BCUT2D eigenvalue weighted by Crippen LogP contribution is 2.32. The van der Waals surface area contributed by atoms with Crippen molar-refractivity contribution < 1.29 is 9.53 Å². The molecule has 1 fully saturated rings. The first kappa shape index (κ1) is 19.4. The Kier molecular flexibility index (Phi) is 4.99. The van der Waals surface area contributed by atoms with Crippen LogP contribution in [-0.2, 0) is 4.79 Å². The molecule has 5 rings (SSSR count). The summed E-state index contributed by atoms with van der Waals surface area (Å²) in [5.41, 5.74) is 3.58. The lowest BCUT2D eigenvalue weighted by Crippen LogP contribution is -2.36. The van der Waals surface area contributed by atoms with E-state index in [1.807, 2.05) is 36.5 Å². The minimum absolute atomic E-state index is 0.0442. The van der Waals surface area contributed by atoms with Gasteiger partial charge in [0.05, 0.1) is 18.0 Å². The summed E-state index contributed by atoms with van der Waals surface area (Å²) in [7, 11) is 3.69. The molecule has 1 aromatic carbocycles. The number of methoxy groups -OCH3 is 1. The molecule has 31 heavy (non-hydrogen) atoms. The number of piperidine rings is 1. The molecule has 0 atom stereocenters. The summed E-state index contributed by atoms with van der Waals surface area (Å²) >= 11 is 0.